The van der Waals surface area contributed by atoms with Crippen molar-refractivity contribution in [3.8, 4) is 5.75 Å². The number of benzene rings is 2. The lowest BCUT2D eigenvalue weighted by Gasteiger charge is -2.09. The normalized spacial score (nSPS) is 16.1. The first-order chi connectivity index (χ1) is 16.0. The highest BCUT2D eigenvalue weighted by Gasteiger charge is 2.29. The van der Waals surface area contributed by atoms with Gasteiger partial charge in [0.25, 0.3) is 0 Å². The molecular weight excluding hydrogens is 433 g/mol. The van der Waals surface area contributed by atoms with Gasteiger partial charge in [-0.25, -0.2) is 4.99 Å². The molecule has 1 atom stereocenters. The molecule has 2 heterocycles. The number of hydrogen-bond acceptors (Lipinski definition) is 5. The molecule has 0 saturated carbocycles. The van der Waals surface area contributed by atoms with E-state index >= 15 is 0 Å². The van der Waals surface area contributed by atoms with Gasteiger partial charge in [0.2, 0.25) is 5.90 Å². The number of nitrogens with zero attached hydrogens (tertiary/aromatic N) is 3. The molecule has 1 aliphatic heterocycles. The van der Waals surface area contributed by atoms with E-state index in [0.29, 0.717) is 24.7 Å². The van der Waals surface area contributed by atoms with Crippen LogP contribution in [-0.4, -0.2) is 40.6 Å². The number of aliphatic imine (C=N–C) groups is 1. The molecule has 1 aliphatic rings. The molecular formula is C24H23F3N4O2. The van der Waals surface area contributed by atoms with Crippen LogP contribution >= 0.6 is 0 Å². The number of aromatic nitrogens is 3. The number of aromatic amines is 1. The van der Waals surface area contributed by atoms with Crippen LogP contribution in [0.4, 0.5) is 13.2 Å². The second-order valence-corrected chi connectivity index (χ2v) is 7.66. The average Bonchev–Trinajstić information content (AvgIpc) is 3.49. The Morgan fingerprint density at radius 1 is 1.03 bits per heavy atom. The fourth-order valence-corrected chi connectivity index (χ4v) is 3.33. The zero-order chi connectivity index (χ0) is 23.1. The van der Waals surface area contributed by atoms with Crippen LogP contribution in [0.15, 0.2) is 65.8 Å². The Balaban J connectivity index is 1.21. The van der Waals surface area contributed by atoms with Crippen LogP contribution in [0.2, 0.25) is 0 Å². The van der Waals surface area contributed by atoms with Gasteiger partial charge in [0.1, 0.15) is 25.0 Å². The summed E-state index contributed by atoms with van der Waals surface area (Å²) in [5.74, 6) is 1.20. The molecule has 0 fully saturated rings. The number of ether oxygens (including phenoxy) is 2. The molecule has 2 aromatic carbocycles. The van der Waals surface area contributed by atoms with Crippen LogP contribution in [0, 0.1) is 0 Å². The number of alkyl halides is 3. The summed E-state index contributed by atoms with van der Waals surface area (Å²) in [4.78, 5) is 4.45. The smallest absolute Gasteiger partial charge is 0.416 e. The summed E-state index contributed by atoms with van der Waals surface area (Å²) in [6, 6.07) is 12.8. The molecule has 6 nitrogen and oxygen atoms in total. The third-order valence-electron chi connectivity index (χ3n) is 5.12. The highest BCUT2D eigenvalue weighted by molar-refractivity contribution is 5.92. The summed E-state index contributed by atoms with van der Waals surface area (Å²) < 4.78 is 49.3. The van der Waals surface area contributed by atoms with Crippen molar-refractivity contribution in [1.29, 1.82) is 0 Å². The predicted octanol–water partition coefficient (Wildman–Crippen LogP) is 4.89. The summed E-state index contributed by atoms with van der Waals surface area (Å²) in [7, 11) is 0. The molecule has 1 unspecified atom stereocenters. The van der Waals surface area contributed by atoms with E-state index in [1.807, 2.05) is 24.3 Å². The van der Waals surface area contributed by atoms with E-state index in [0.717, 1.165) is 42.8 Å². The molecule has 33 heavy (non-hydrogen) atoms. The largest absolute Gasteiger partial charge is 0.491 e. The van der Waals surface area contributed by atoms with Gasteiger partial charge in [-0.3, -0.25) is 0 Å². The molecule has 0 saturated heterocycles. The number of hydrogen-bond donors (Lipinski definition) is 1. The van der Waals surface area contributed by atoms with Gasteiger partial charge in [0.05, 0.1) is 17.5 Å². The Hall–Kier alpha value is -3.62. The van der Waals surface area contributed by atoms with Crippen molar-refractivity contribution < 1.29 is 22.6 Å². The molecule has 0 bridgehead atoms. The van der Waals surface area contributed by atoms with Crippen LogP contribution < -0.4 is 4.74 Å². The second-order valence-electron chi connectivity index (χ2n) is 7.66. The van der Waals surface area contributed by atoms with E-state index in [1.165, 1.54) is 17.7 Å². The fourth-order valence-electron chi connectivity index (χ4n) is 3.33. The van der Waals surface area contributed by atoms with Crippen molar-refractivity contribution in [1.82, 2.24) is 15.4 Å². The number of halogens is 3. The van der Waals surface area contributed by atoms with Gasteiger partial charge >= 0.3 is 6.18 Å². The maximum Gasteiger partial charge on any atom is 0.416 e. The van der Waals surface area contributed by atoms with Crippen LogP contribution in [0.5, 0.6) is 5.75 Å². The number of nitrogens with one attached hydrogen (secondary N) is 1. The summed E-state index contributed by atoms with van der Waals surface area (Å²) in [5, 5.41) is 10.5. The lowest BCUT2D eigenvalue weighted by molar-refractivity contribution is -0.137. The lowest BCUT2D eigenvalue weighted by atomic mass is 10.1. The summed E-state index contributed by atoms with van der Waals surface area (Å²) in [6.07, 6.45) is 3.53. The van der Waals surface area contributed by atoms with Crippen molar-refractivity contribution in [2.24, 2.45) is 4.99 Å². The molecule has 0 aliphatic carbocycles. The van der Waals surface area contributed by atoms with Crippen LogP contribution in [0.25, 0.3) is 6.08 Å². The molecule has 4 rings (SSSR count). The van der Waals surface area contributed by atoms with Crippen LogP contribution in [0.3, 0.4) is 0 Å². The molecule has 9 heteroatoms. The van der Waals surface area contributed by atoms with E-state index in [9.17, 15) is 13.2 Å². The number of H-pyrrole nitrogens is 1. The predicted molar refractivity (Wildman–Crippen MR) is 118 cm³/mol. The maximum atomic E-state index is 12.6. The Morgan fingerprint density at radius 2 is 1.82 bits per heavy atom. The molecule has 172 valence electrons. The molecule has 3 aromatic rings. The minimum atomic E-state index is -4.34. The van der Waals surface area contributed by atoms with E-state index in [1.54, 1.807) is 18.3 Å². The summed E-state index contributed by atoms with van der Waals surface area (Å²) in [5.41, 5.74) is 2.15. The van der Waals surface area contributed by atoms with Gasteiger partial charge in [-0.05, 0) is 60.7 Å². The summed E-state index contributed by atoms with van der Waals surface area (Å²) >= 11 is 0. The first kappa shape index (κ1) is 22.6. The van der Waals surface area contributed by atoms with Gasteiger partial charge in [-0.15, -0.1) is 0 Å². The van der Waals surface area contributed by atoms with Gasteiger partial charge < -0.3 is 9.47 Å². The third-order valence-corrected chi connectivity index (χ3v) is 5.12. The Bertz CT molecular complexity index is 1080. The Morgan fingerprint density at radius 3 is 2.52 bits per heavy atom. The lowest BCUT2D eigenvalue weighted by Crippen LogP contribution is -2.17. The molecule has 0 radical (unpaired) electrons. The fraction of sp³-hybridized carbons (Fsp3) is 0.292. The summed E-state index contributed by atoms with van der Waals surface area (Å²) in [6.45, 7) is 0.774. The van der Waals surface area contributed by atoms with E-state index in [-0.39, 0.29) is 6.04 Å². The molecule has 1 aromatic heterocycles. The van der Waals surface area contributed by atoms with Crippen molar-refractivity contribution in [2.75, 3.05) is 13.2 Å². The van der Waals surface area contributed by atoms with Gasteiger partial charge in [-0.2, -0.15) is 28.6 Å². The third kappa shape index (κ3) is 6.68. The number of aryl methyl sites for hydroxylation is 2. The Labute approximate surface area is 189 Å². The monoisotopic (exact) mass is 456 g/mol. The van der Waals surface area contributed by atoms with Crippen molar-refractivity contribution in [3.05, 3.63) is 83.2 Å². The van der Waals surface area contributed by atoms with Crippen LogP contribution in [0.1, 0.15) is 28.8 Å². The minimum Gasteiger partial charge on any atom is -0.491 e. The van der Waals surface area contributed by atoms with E-state index in [4.69, 9.17) is 9.47 Å². The highest BCUT2D eigenvalue weighted by atomic mass is 19.4. The molecule has 0 spiro atoms. The molecule has 1 N–H and O–H groups in total. The zero-order valence-corrected chi connectivity index (χ0v) is 17.8. The first-order valence-electron chi connectivity index (χ1n) is 10.6. The number of rotatable bonds is 9. The van der Waals surface area contributed by atoms with Crippen LogP contribution in [-0.2, 0) is 23.8 Å². The standard InChI is InChI=1S/C24H23F3N4O2/c25-24(26,27)19-9-4-18(5-10-19)8-13-23-29-21(16-33-23)15-32-22-11-6-17(7-12-22)2-1-3-20-14-28-31-30-20/h4-14,21H,1-3,15-16H2,(H,28,30,31)/b13-8+. The average molecular weight is 456 g/mol. The van der Waals surface area contributed by atoms with Gasteiger partial charge in [-0.1, -0.05) is 24.3 Å². The van der Waals surface area contributed by atoms with E-state index in [2.05, 4.69) is 20.4 Å². The van der Waals surface area contributed by atoms with Crippen molar-refractivity contribution in [2.45, 2.75) is 31.5 Å². The second kappa shape index (κ2) is 10.3. The quantitative estimate of drug-likeness (QED) is 0.498. The topological polar surface area (TPSA) is 72.4 Å². The van der Waals surface area contributed by atoms with Gasteiger partial charge in [0, 0.05) is 6.08 Å². The van der Waals surface area contributed by atoms with Crippen molar-refractivity contribution in [3.63, 3.8) is 0 Å². The SMILES string of the molecule is FC(F)(F)c1ccc(/C=C/C2=NC(COc3ccc(CCCc4cn[nH]n4)cc3)CO2)cc1. The Kier molecular flexibility index (Phi) is 7.07. The van der Waals surface area contributed by atoms with Crippen molar-refractivity contribution >= 4 is 12.0 Å². The van der Waals surface area contributed by atoms with E-state index < -0.39 is 11.7 Å². The minimum absolute atomic E-state index is 0.139. The maximum absolute atomic E-state index is 12.6. The van der Waals surface area contributed by atoms with Gasteiger partial charge in [0.15, 0.2) is 0 Å². The molecule has 0 amide bonds. The highest BCUT2D eigenvalue weighted by Crippen LogP contribution is 2.29. The first-order valence-corrected chi connectivity index (χ1v) is 10.6. The zero-order valence-electron chi connectivity index (χ0n) is 17.8.